The number of benzene rings is 4. The molecule has 4 aromatic carbocycles. The summed E-state index contributed by atoms with van der Waals surface area (Å²) in [5, 5.41) is 12.1. The van der Waals surface area contributed by atoms with Gasteiger partial charge in [0.1, 0.15) is 23.4 Å². The zero-order valence-corrected chi connectivity index (χ0v) is 27.5. The second-order valence-corrected chi connectivity index (χ2v) is 13.7. The molecule has 6 rings (SSSR count). The maximum absolute atomic E-state index is 14.1. The molecule has 0 aliphatic carbocycles. The number of β-lactam (4-membered cyclic amide) rings is 1. The number of ether oxygens (including phenoxy) is 2. The highest BCUT2D eigenvalue weighted by atomic mass is 32.2. The minimum Gasteiger partial charge on any atom is -0.507 e. The molecule has 0 aromatic heterocycles. The minimum atomic E-state index is -0.734. The number of hydrogen-bond donors (Lipinski definition) is 1. The zero-order valence-electron chi connectivity index (χ0n) is 26.7. The third kappa shape index (κ3) is 6.40. The largest absolute Gasteiger partial charge is 0.507 e. The summed E-state index contributed by atoms with van der Waals surface area (Å²) < 4.78 is 11.5. The molecule has 1 fully saturated rings. The minimum absolute atomic E-state index is 0.0911. The van der Waals surface area contributed by atoms with Crippen LogP contribution in [0.3, 0.4) is 0 Å². The number of nitrogens with zero attached hydrogens (tertiary/aromatic N) is 2. The number of thioether (sulfide) groups is 1. The Bertz CT molecular complexity index is 1860. The standard InChI is InChI=1S/C38H36N2O6S/c1-23(41)45-21-27-22-47-36-31(39-20-26-19-30(38(2,3)4)33(42)29-18-12-11-17-28(26)29)35(43)40(36)32(27)37(44)46-34(24-13-7-5-8-14-24)25-15-9-6-10-16-25/h5-20,31,34,36,42H,21-22H2,1-4H3/t31-,36+/m1/s1. The Labute approximate surface area is 278 Å². The Hall–Kier alpha value is -4.89. The molecule has 0 spiro atoms. The molecular weight excluding hydrogens is 612 g/mol. The van der Waals surface area contributed by atoms with Crippen molar-refractivity contribution < 1.29 is 29.0 Å². The number of aromatic hydroxyl groups is 1. The fraction of sp³-hybridized carbons (Fsp3) is 0.263. The van der Waals surface area contributed by atoms with Gasteiger partial charge in [0.05, 0.1) is 0 Å². The van der Waals surface area contributed by atoms with Gasteiger partial charge < -0.3 is 14.6 Å². The lowest BCUT2D eigenvalue weighted by atomic mass is 9.83. The van der Waals surface area contributed by atoms with E-state index >= 15 is 0 Å². The number of esters is 2. The van der Waals surface area contributed by atoms with E-state index in [0.29, 0.717) is 16.7 Å². The van der Waals surface area contributed by atoms with Crippen LogP contribution in [0.5, 0.6) is 5.75 Å². The van der Waals surface area contributed by atoms with E-state index in [1.54, 1.807) is 6.21 Å². The third-order valence-corrected chi connectivity index (χ3v) is 9.65. The molecule has 0 saturated carbocycles. The van der Waals surface area contributed by atoms with Crippen molar-refractivity contribution in [2.45, 2.75) is 50.6 Å². The Kier molecular flexibility index (Phi) is 8.92. The van der Waals surface area contributed by atoms with Crippen molar-refractivity contribution in [3.63, 3.8) is 0 Å². The first-order valence-corrected chi connectivity index (χ1v) is 16.5. The average molecular weight is 649 g/mol. The van der Waals surface area contributed by atoms with Crippen LogP contribution in [-0.2, 0) is 29.3 Å². The van der Waals surface area contributed by atoms with Crippen molar-refractivity contribution in [1.82, 2.24) is 4.90 Å². The van der Waals surface area contributed by atoms with E-state index in [-0.39, 0.29) is 29.4 Å². The summed E-state index contributed by atoms with van der Waals surface area (Å²) in [6, 6.07) is 27.6. The van der Waals surface area contributed by atoms with Crippen molar-refractivity contribution in [3.05, 3.63) is 125 Å². The van der Waals surface area contributed by atoms with Crippen molar-refractivity contribution in [1.29, 1.82) is 0 Å². The maximum atomic E-state index is 14.1. The monoisotopic (exact) mass is 648 g/mol. The molecule has 0 radical (unpaired) electrons. The lowest BCUT2D eigenvalue weighted by molar-refractivity contribution is -0.153. The molecule has 0 bridgehead atoms. The Morgan fingerprint density at radius 3 is 2.17 bits per heavy atom. The molecule has 1 amide bonds. The van der Waals surface area contributed by atoms with Crippen LogP contribution in [0.2, 0.25) is 0 Å². The summed E-state index contributed by atoms with van der Waals surface area (Å²) in [6.45, 7) is 7.27. The molecule has 2 heterocycles. The first-order chi connectivity index (χ1) is 22.5. The number of amides is 1. The van der Waals surface area contributed by atoms with Gasteiger partial charge in [0, 0.05) is 41.0 Å². The fourth-order valence-corrected chi connectivity index (χ4v) is 7.25. The van der Waals surface area contributed by atoms with E-state index in [4.69, 9.17) is 14.5 Å². The van der Waals surface area contributed by atoms with Gasteiger partial charge in [-0.05, 0) is 28.0 Å². The maximum Gasteiger partial charge on any atom is 0.356 e. The van der Waals surface area contributed by atoms with Crippen LogP contribution in [0.25, 0.3) is 10.8 Å². The summed E-state index contributed by atoms with van der Waals surface area (Å²) in [7, 11) is 0. The molecule has 240 valence electrons. The van der Waals surface area contributed by atoms with E-state index in [2.05, 4.69) is 0 Å². The van der Waals surface area contributed by atoms with E-state index in [1.807, 2.05) is 112 Å². The molecule has 8 nitrogen and oxygen atoms in total. The van der Waals surface area contributed by atoms with Crippen LogP contribution in [0.4, 0.5) is 0 Å². The highest BCUT2D eigenvalue weighted by molar-refractivity contribution is 8.00. The zero-order chi connectivity index (χ0) is 33.3. The quantitative estimate of drug-likeness (QED) is 0.129. The summed E-state index contributed by atoms with van der Waals surface area (Å²) in [5.41, 5.74) is 3.40. The number of carbonyl (C=O) groups is 3. The van der Waals surface area contributed by atoms with Gasteiger partial charge in [-0.2, -0.15) is 0 Å². The topological polar surface area (TPSA) is 106 Å². The molecule has 0 unspecified atom stereocenters. The number of hydrogen-bond acceptors (Lipinski definition) is 8. The molecule has 9 heteroatoms. The van der Waals surface area contributed by atoms with Crippen LogP contribution in [0.15, 0.2) is 107 Å². The first kappa shape index (κ1) is 32.1. The van der Waals surface area contributed by atoms with Crippen molar-refractivity contribution in [2.24, 2.45) is 4.99 Å². The Balaban J connectivity index is 1.32. The van der Waals surface area contributed by atoms with E-state index < -0.39 is 29.5 Å². The average Bonchev–Trinajstić information content (AvgIpc) is 3.07. The van der Waals surface area contributed by atoms with E-state index in [9.17, 15) is 19.5 Å². The van der Waals surface area contributed by atoms with Gasteiger partial charge in [-0.25, -0.2) is 4.79 Å². The van der Waals surface area contributed by atoms with Crippen molar-refractivity contribution in [2.75, 3.05) is 12.4 Å². The van der Waals surface area contributed by atoms with Crippen LogP contribution in [-0.4, -0.2) is 57.8 Å². The van der Waals surface area contributed by atoms with E-state index in [0.717, 1.165) is 27.6 Å². The highest BCUT2D eigenvalue weighted by Crippen LogP contribution is 2.43. The molecule has 1 N–H and O–H groups in total. The lowest BCUT2D eigenvalue weighted by Gasteiger charge is -2.48. The van der Waals surface area contributed by atoms with Gasteiger partial charge in [0.15, 0.2) is 12.1 Å². The molecule has 47 heavy (non-hydrogen) atoms. The molecule has 1 saturated heterocycles. The highest BCUT2D eigenvalue weighted by Gasteiger charge is 2.54. The van der Waals surface area contributed by atoms with Crippen LogP contribution >= 0.6 is 11.8 Å². The van der Waals surface area contributed by atoms with Gasteiger partial charge in [-0.1, -0.05) is 106 Å². The number of aliphatic imine (C=N–C) groups is 1. The van der Waals surface area contributed by atoms with E-state index in [1.165, 1.54) is 23.6 Å². The predicted octanol–water partition coefficient (Wildman–Crippen LogP) is 6.70. The Morgan fingerprint density at radius 2 is 1.57 bits per heavy atom. The number of fused-ring (bicyclic) bond motifs is 2. The van der Waals surface area contributed by atoms with Crippen molar-refractivity contribution >= 4 is 46.6 Å². The predicted molar refractivity (Wildman–Crippen MR) is 183 cm³/mol. The SMILES string of the molecule is CC(=O)OCC1=C(C(=O)OC(c2ccccc2)c2ccccc2)N2C(=O)[C@@H](N=Cc3cc(C(C)(C)C)c(O)c4ccccc34)[C@@H]2SC1. The van der Waals surface area contributed by atoms with Gasteiger partial charge in [-0.15, -0.1) is 11.8 Å². The third-order valence-electron chi connectivity index (χ3n) is 8.32. The van der Waals surface area contributed by atoms with Gasteiger partial charge in [0.2, 0.25) is 0 Å². The summed E-state index contributed by atoms with van der Waals surface area (Å²) in [4.78, 5) is 45.7. The number of phenols is 1. The van der Waals surface area contributed by atoms with Crippen LogP contribution in [0, 0.1) is 0 Å². The number of phenolic OH excluding ortho intramolecular Hbond substituents is 1. The van der Waals surface area contributed by atoms with Crippen molar-refractivity contribution in [3.8, 4) is 5.75 Å². The second-order valence-electron chi connectivity index (χ2n) is 12.6. The van der Waals surface area contributed by atoms with Gasteiger partial charge in [-0.3, -0.25) is 19.5 Å². The summed E-state index contributed by atoms with van der Waals surface area (Å²) in [5.74, 6) is -0.921. The first-order valence-electron chi connectivity index (χ1n) is 15.4. The van der Waals surface area contributed by atoms with Crippen LogP contribution < -0.4 is 0 Å². The van der Waals surface area contributed by atoms with Crippen LogP contribution in [0.1, 0.15) is 56.1 Å². The van der Waals surface area contributed by atoms with Gasteiger partial charge in [0.25, 0.3) is 5.91 Å². The number of rotatable bonds is 8. The molecule has 2 aliphatic rings. The fourth-order valence-electron chi connectivity index (χ4n) is 5.93. The lowest BCUT2D eigenvalue weighted by Crippen LogP contribution is -2.64. The molecule has 2 atom stereocenters. The summed E-state index contributed by atoms with van der Waals surface area (Å²) in [6.07, 6.45) is 0.972. The number of carbonyl (C=O) groups excluding carboxylic acids is 3. The molecule has 4 aromatic rings. The molecule has 2 aliphatic heterocycles. The second kappa shape index (κ2) is 13.1. The normalized spacial score (nSPS) is 18.0. The van der Waals surface area contributed by atoms with Gasteiger partial charge >= 0.3 is 11.9 Å². The molecular formula is C38H36N2O6S. The Morgan fingerprint density at radius 1 is 0.979 bits per heavy atom. The smallest absolute Gasteiger partial charge is 0.356 e. The summed E-state index contributed by atoms with van der Waals surface area (Å²) >= 11 is 1.46.